The molecule has 20 heavy (non-hydrogen) atoms. The predicted molar refractivity (Wildman–Crippen MR) is 78.7 cm³/mol. The van der Waals surface area contributed by atoms with Gasteiger partial charge in [0.15, 0.2) is 0 Å². The number of nitrogens with zero attached hydrogens (tertiary/aromatic N) is 1. The van der Waals surface area contributed by atoms with Gasteiger partial charge < -0.3 is 9.47 Å². The topological polar surface area (TPSA) is 45.6 Å². The minimum absolute atomic E-state index is 0.102. The summed E-state index contributed by atoms with van der Waals surface area (Å²) in [6.07, 6.45) is 6.40. The van der Waals surface area contributed by atoms with Crippen LogP contribution in [0.25, 0.3) is 0 Å². The average molecular weight is 272 g/mol. The lowest BCUT2D eigenvalue weighted by Crippen LogP contribution is -2.29. The van der Waals surface area contributed by atoms with Crippen LogP contribution in [-0.4, -0.2) is 31.0 Å². The summed E-state index contributed by atoms with van der Waals surface area (Å²) in [6, 6.07) is 7.94. The molecule has 0 unspecified atom stereocenters. The van der Waals surface area contributed by atoms with E-state index in [1.54, 1.807) is 0 Å². The van der Waals surface area contributed by atoms with Gasteiger partial charge in [-0.15, -0.1) is 0 Å². The van der Waals surface area contributed by atoms with E-state index in [9.17, 15) is 0 Å². The zero-order valence-electron chi connectivity index (χ0n) is 11.8. The van der Waals surface area contributed by atoms with Crippen molar-refractivity contribution in [2.24, 2.45) is 0 Å². The van der Waals surface area contributed by atoms with Crippen molar-refractivity contribution >= 4 is 5.90 Å². The zero-order chi connectivity index (χ0) is 14.2. The monoisotopic (exact) mass is 272 g/mol. The summed E-state index contributed by atoms with van der Waals surface area (Å²) in [4.78, 5) is 2.47. The van der Waals surface area contributed by atoms with Gasteiger partial charge in [0, 0.05) is 12.5 Å². The van der Waals surface area contributed by atoms with E-state index in [1.807, 2.05) is 18.2 Å². The van der Waals surface area contributed by atoms with Gasteiger partial charge in [0.05, 0.1) is 7.11 Å². The van der Waals surface area contributed by atoms with E-state index in [-0.39, 0.29) is 5.90 Å². The van der Waals surface area contributed by atoms with Crippen LogP contribution < -0.4 is 4.74 Å². The Morgan fingerprint density at radius 2 is 2.10 bits per heavy atom. The van der Waals surface area contributed by atoms with Crippen molar-refractivity contribution < 1.29 is 9.47 Å². The first-order valence-electron chi connectivity index (χ1n) is 6.89. The standard InChI is InChI=1S/C16H20N2O2/c1-19-16(17)8-11-20-15-7-5-6-14(12-15)13-18-9-3-2-4-10-18/h5-7,12,17H,2-4,9-10,13H2,1H3. The molecule has 2 rings (SSSR count). The van der Waals surface area contributed by atoms with Gasteiger partial charge in [0.25, 0.3) is 5.90 Å². The Bertz CT molecular complexity index is 511. The lowest BCUT2D eigenvalue weighted by molar-refractivity contribution is 0.221. The Morgan fingerprint density at radius 1 is 1.30 bits per heavy atom. The predicted octanol–water partition coefficient (Wildman–Crippen LogP) is 2.64. The minimum atomic E-state index is -0.102. The first-order chi connectivity index (χ1) is 9.78. The van der Waals surface area contributed by atoms with Crippen LogP contribution in [0.15, 0.2) is 24.3 Å². The van der Waals surface area contributed by atoms with Crippen LogP contribution in [0.1, 0.15) is 24.8 Å². The van der Waals surface area contributed by atoms with Crippen LogP contribution in [0.4, 0.5) is 0 Å². The van der Waals surface area contributed by atoms with Crippen LogP contribution >= 0.6 is 0 Å². The van der Waals surface area contributed by atoms with Crippen LogP contribution in [0.5, 0.6) is 5.75 Å². The quantitative estimate of drug-likeness (QED) is 0.522. The Labute approximate surface area is 120 Å². The molecular formula is C16H20N2O2. The van der Waals surface area contributed by atoms with E-state index < -0.39 is 0 Å². The molecule has 0 atom stereocenters. The van der Waals surface area contributed by atoms with E-state index in [0.717, 1.165) is 6.54 Å². The summed E-state index contributed by atoms with van der Waals surface area (Å²) in [5, 5.41) is 7.23. The van der Waals surface area contributed by atoms with E-state index in [1.165, 1.54) is 45.0 Å². The summed E-state index contributed by atoms with van der Waals surface area (Å²) in [5.41, 5.74) is 1.23. The first kappa shape index (κ1) is 14.4. The van der Waals surface area contributed by atoms with E-state index >= 15 is 0 Å². The van der Waals surface area contributed by atoms with Crippen molar-refractivity contribution in [3.63, 3.8) is 0 Å². The highest BCUT2D eigenvalue weighted by Crippen LogP contribution is 2.17. The van der Waals surface area contributed by atoms with Gasteiger partial charge >= 0.3 is 0 Å². The molecule has 1 heterocycles. The Balaban J connectivity index is 1.92. The fourth-order valence-electron chi connectivity index (χ4n) is 2.26. The number of benzene rings is 1. The van der Waals surface area contributed by atoms with Crippen molar-refractivity contribution in [3.8, 4) is 17.8 Å². The fraction of sp³-hybridized carbons (Fsp3) is 0.438. The Morgan fingerprint density at radius 3 is 2.85 bits per heavy atom. The molecule has 1 fully saturated rings. The molecule has 4 heteroatoms. The number of methoxy groups -OCH3 is 1. The number of piperidine rings is 1. The molecule has 4 nitrogen and oxygen atoms in total. The van der Waals surface area contributed by atoms with Crippen molar-refractivity contribution in [2.75, 3.05) is 20.2 Å². The number of hydrogen-bond donors (Lipinski definition) is 1. The molecule has 1 aromatic rings. The highest BCUT2D eigenvalue weighted by Gasteiger charge is 2.10. The third-order valence-corrected chi connectivity index (χ3v) is 3.29. The molecule has 106 valence electrons. The maximum atomic E-state index is 7.23. The number of likely N-dealkylation sites (tertiary alicyclic amines) is 1. The van der Waals surface area contributed by atoms with E-state index in [4.69, 9.17) is 10.1 Å². The van der Waals surface area contributed by atoms with Gasteiger partial charge in [0.2, 0.25) is 0 Å². The second-order valence-electron chi connectivity index (χ2n) is 4.85. The molecule has 1 aliphatic rings. The third-order valence-electron chi connectivity index (χ3n) is 3.29. The van der Waals surface area contributed by atoms with Gasteiger partial charge in [-0.3, -0.25) is 10.3 Å². The molecule has 0 aromatic heterocycles. The molecular weight excluding hydrogens is 252 g/mol. The maximum Gasteiger partial charge on any atom is 0.263 e. The maximum absolute atomic E-state index is 7.23. The largest absolute Gasteiger partial charge is 0.475 e. The second kappa shape index (κ2) is 7.56. The Kier molecular flexibility index (Phi) is 5.45. The van der Waals surface area contributed by atoms with Crippen molar-refractivity contribution in [3.05, 3.63) is 29.8 Å². The van der Waals surface area contributed by atoms with Crippen molar-refractivity contribution in [2.45, 2.75) is 25.8 Å². The second-order valence-corrected chi connectivity index (χ2v) is 4.85. The van der Waals surface area contributed by atoms with Crippen LogP contribution in [0.2, 0.25) is 0 Å². The van der Waals surface area contributed by atoms with E-state index in [0.29, 0.717) is 5.75 Å². The summed E-state index contributed by atoms with van der Waals surface area (Å²) in [7, 11) is 1.41. The van der Waals surface area contributed by atoms with Crippen LogP contribution in [0, 0.1) is 17.4 Å². The first-order valence-corrected chi connectivity index (χ1v) is 6.89. The number of nitrogens with one attached hydrogen (secondary N) is 1. The smallest absolute Gasteiger partial charge is 0.263 e. The summed E-state index contributed by atoms with van der Waals surface area (Å²) in [5.74, 6) is 3.06. The molecule has 0 bridgehead atoms. The van der Waals surface area contributed by atoms with Gasteiger partial charge in [-0.2, -0.15) is 0 Å². The number of ether oxygens (including phenoxy) is 2. The van der Waals surface area contributed by atoms with Gasteiger partial charge in [0.1, 0.15) is 11.9 Å². The Hall–Kier alpha value is -1.99. The van der Waals surface area contributed by atoms with Gasteiger partial charge in [-0.25, -0.2) is 0 Å². The lowest BCUT2D eigenvalue weighted by atomic mass is 10.1. The molecule has 1 saturated heterocycles. The highest BCUT2D eigenvalue weighted by molar-refractivity contribution is 5.90. The molecule has 0 amide bonds. The molecule has 0 saturated carbocycles. The molecule has 0 aliphatic carbocycles. The molecule has 0 radical (unpaired) electrons. The normalized spacial score (nSPS) is 15.1. The van der Waals surface area contributed by atoms with Crippen LogP contribution in [0.3, 0.4) is 0 Å². The van der Waals surface area contributed by atoms with Crippen LogP contribution in [-0.2, 0) is 11.3 Å². The summed E-state index contributed by atoms with van der Waals surface area (Å²) in [6.45, 7) is 3.31. The van der Waals surface area contributed by atoms with Gasteiger partial charge in [-0.05, 0) is 43.6 Å². The molecule has 1 aromatic carbocycles. The molecule has 1 N–H and O–H groups in total. The lowest BCUT2D eigenvalue weighted by Gasteiger charge is -2.26. The summed E-state index contributed by atoms with van der Waals surface area (Å²) < 4.78 is 9.94. The minimum Gasteiger partial charge on any atom is -0.475 e. The molecule has 1 aliphatic heterocycles. The van der Waals surface area contributed by atoms with Gasteiger partial charge in [-0.1, -0.05) is 18.6 Å². The molecule has 0 spiro atoms. The summed E-state index contributed by atoms with van der Waals surface area (Å²) >= 11 is 0. The third kappa shape index (κ3) is 4.60. The average Bonchev–Trinajstić information content (AvgIpc) is 2.48. The number of rotatable bonds is 3. The SMILES string of the molecule is COC(=N)C#COc1cccc(CN2CCCCC2)c1. The fourth-order valence-corrected chi connectivity index (χ4v) is 2.26. The van der Waals surface area contributed by atoms with E-state index in [2.05, 4.69) is 27.7 Å². The van der Waals surface area contributed by atoms with Crippen molar-refractivity contribution in [1.82, 2.24) is 4.90 Å². The van der Waals surface area contributed by atoms with Crippen molar-refractivity contribution in [1.29, 1.82) is 5.41 Å². The number of hydrogen-bond acceptors (Lipinski definition) is 4. The highest BCUT2D eigenvalue weighted by atomic mass is 16.5. The zero-order valence-corrected chi connectivity index (χ0v) is 11.8.